The fraction of sp³-hybridized carbons (Fsp3) is 0.364. The number of carbonyl (C=O) groups excluding carboxylic acids is 2. The standard InChI is InChI=1S/C22H22F3N5O5/c1-12-20(35-21(32)22(23,24)25)29(9-8-26-12)19(31)14-11-18-27-7-6-15(30(18)28-14)13-4-5-16(33-2)17(10-13)34-3/h4-7,10-12,20,26H,8-9H2,1-3H3/t12-,20?/m0/s1. The molecule has 1 fully saturated rings. The first kappa shape index (κ1) is 24.3. The first-order valence-corrected chi connectivity index (χ1v) is 10.5. The minimum Gasteiger partial charge on any atom is -0.493 e. The zero-order chi connectivity index (χ0) is 25.3. The number of piperazine rings is 1. The third-order valence-corrected chi connectivity index (χ3v) is 5.53. The maximum absolute atomic E-state index is 13.3. The fourth-order valence-electron chi connectivity index (χ4n) is 3.83. The lowest BCUT2D eigenvalue weighted by molar-refractivity contribution is -0.214. The summed E-state index contributed by atoms with van der Waals surface area (Å²) in [6.45, 7) is 1.84. The number of fused-ring (bicyclic) bond motifs is 1. The normalized spacial score (nSPS) is 18.4. The van der Waals surface area contributed by atoms with Crippen LogP contribution >= 0.6 is 0 Å². The molecular weight excluding hydrogens is 471 g/mol. The highest BCUT2D eigenvalue weighted by Gasteiger charge is 2.45. The van der Waals surface area contributed by atoms with Gasteiger partial charge in [-0.15, -0.1) is 0 Å². The molecule has 1 aliphatic heterocycles. The van der Waals surface area contributed by atoms with Crippen molar-refractivity contribution >= 4 is 17.5 Å². The van der Waals surface area contributed by atoms with Gasteiger partial charge in [-0.3, -0.25) is 9.69 Å². The van der Waals surface area contributed by atoms with E-state index in [-0.39, 0.29) is 12.2 Å². The summed E-state index contributed by atoms with van der Waals surface area (Å²) in [4.78, 5) is 30.0. The van der Waals surface area contributed by atoms with E-state index < -0.39 is 30.3 Å². The van der Waals surface area contributed by atoms with E-state index in [4.69, 9.17) is 9.47 Å². The summed E-state index contributed by atoms with van der Waals surface area (Å²) in [5, 5.41) is 7.26. The van der Waals surface area contributed by atoms with E-state index in [1.807, 2.05) is 0 Å². The van der Waals surface area contributed by atoms with Crippen molar-refractivity contribution in [3.63, 3.8) is 0 Å². The van der Waals surface area contributed by atoms with Crippen molar-refractivity contribution in [1.82, 2.24) is 24.8 Å². The monoisotopic (exact) mass is 493 g/mol. The van der Waals surface area contributed by atoms with Crippen molar-refractivity contribution in [2.24, 2.45) is 0 Å². The Morgan fingerprint density at radius 3 is 2.54 bits per heavy atom. The van der Waals surface area contributed by atoms with Crippen molar-refractivity contribution in [2.75, 3.05) is 27.3 Å². The molecular formula is C22H22F3N5O5. The molecule has 0 spiro atoms. The van der Waals surface area contributed by atoms with Gasteiger partial charge in [0.2, 0.25) is 0 Å². The topological polar surface area (TPSA) is 107 Å². The number of rotatable bonds is 5. The van der Waals surface area contributed by atoms with E-state index in [0.717, 1.165) is 4.90 Å². The lowest BCUT2D eigenvalue weighted by Gasteiger charge is -2.39. The van der Waals surface area contributed by atoms with Gasteiger partial charge in [0.15, 0.2) is 29.1 Å². The highest BCUT2D eigenvalue weighted by molar-refractivity contribution is 5.94. The molecule has 1 unspecified atom stereocenters. The van der Waals surface area contributed by atoms with Crippen LogP contribution in [0.1, 0.15) is 17.4 Å². The summed E-state index contributed by atoms with van der Waals surface area (Å²) < 4.78 is 55.1. The number of alkyl halides is 3. The number of carbonyl (C=O) groups is 2. The number of esters is 1. The quantitative estimate of drug-likeness (QED) is 0.540. The maximum Gasteiger partial charge on any atom is 0.491 e. The first-order valence-electron chi connectivity index (χ1n) is 10.5. The molecule has 1 aromatic carbocycles. The molecule has 3 heterocycles. The summed E-state index contributed by atoms with van der Waals surface area (Å²) in [7, 11) is 3.02. The molecule has 1 amide bonds. The number of benzene rings is 1. The van der Waals surface area contributed by atoms with Crippen molar-refractivity contribution < 1.29 is 37.0 Å². The Bertz CT molecular complexity index is 1260. The Labute approximate surface area is 197 Å². The molecule has 35 heavy (non-hydrogen) atoms. The smallest absolute Gasteiger partial charge is 0.491 e. The van der Waals surface area contributed by atoms with Gasteiger partial charge < -0.3 is 19.5 Å². The molecule has 4 rings (SSSR count). The van der Waals surface area contributed by atoms with Gasteiger partial charge in [-0.05, 0) is 31.2 Å². The Balaban J connectivity index is 1.69. The van der Waals surface area contributed by atoms with Gasteiger partial charge in [0.05, 0.1) is 26.0 Å². The van der Waals surface area contributed by atoms with Crippen molar-refractivity contribution in [2.45, 2.75) is 25.4 Å². The molecule has 0 bridgehead atoms. The van der Waals surface area contributed by atoms with Crippen LogP contribution in [0.4, 0.5) is 13.2 Å². The van der Waals surface area contributed by atoms with Gasteiger partial charge in [0, 0.05) is 30.9 Å². The second kappa shape index (κ2) is 9.41. The van der Waals surface area contributed by atoms with Crippen LogP contribution in [-0.4, -0.2) is 77.1 Å². The van der Waals surface area contributed by atoms with Crippen molar-refractivity contribution in [3.8, 4) is 22.8 Å². The van der Waals surface area contributed by atoms with E-state index in [1.54, 1.807) is 24.3 Å². The molecule has 2 atom stereocenters. The Hall–Kier alpha value is -3.87. The van der Waals surface area contributed by atoms with Crippen LogP contribution in [0.15, 0.2) is 36.5 Å². The number of hydrogen-bond acceptors (Lipinski definition) is 8. The lowest BCUT2D eigenvalue weighted by atomic mass is 10.1. The number of aromatic nitrogens is 3. The number of hydrogen-bond donors (Lipinski definition) is 1. The Kier molecular flexibility index (Phi) is 6.52. The van der Waals surface area contributed by atoms with E-state index in [9.17, 15) is 22.8 Å². The van der Waals surface area contributed by atoms with Crippen LogP contribution in [0.25, 0.3) is 16.9 Å². The second-order valence-corrected chi connectivity index (χ2v) is 7.73. The van der Waals surface area contributed by atoms with E-state index in [1.165, 1.54) is 37.9 Å². The molecule has 1 aliphatic rings. The molecule has 10 nitrogen and oxygen atoms in total. The van der Waals surface area contributed by atoms with Gasteiger partial charge in [0.25, 0.3) is 5.91 Å². The molecule has 186 valence electrons. The predicted octanol–water partition coefficient (Wildman–Crippen LogP) is 2.28. The molecule has 1 saturated heterocycles. The van der Waals surface area contributed by atoms with E-state index in [2.05, 4.69) is 20.1 Å². The average molecular weight is 493 g/mol. The van der Waals surface area contributed by atoms with Crippen molar-refractivity contribution in [1.29, 1.82) is 0 Å². The SMILES string of the molecule is COc1ccc(-c2ccnc3cc(C(=O)N4CCN[C@@H](C)C4OC(=O)C(F)(F)F)nn23)cc1OC. The third-order valence-electron chi connectivity index (χ3n) is 5.53. The van der Waals surface area contributed by atoms with Crippen LogP contribution in [-0.2, 0) is 9.53 Å². The molecule has 0 radical (unpaired) electrons. The van der Waals surface area contributed by atoms with Crippen LogP contribution < -0.4 is 14.8 Å². The maximum atomic E-state index is 13.3. The minimum atomic E-state index is -5.19. The molecule has 3 aromatic rings. The largest absolute Gasteiger partial charge is 0.493 e. The fourth-order valence-corrected chi connectivity index (χ4v) is 3.83. The summed E-state index contributed by atoms with van der Waals surface area (Å²) in [5.41, 5.74) is 1.56. The Morgan fingerprint density at radius 1 is 1.11 bits per heavy atom. The van der Waals surface area contributed by atoms with Crippen molar-refractivity contribution in [3.05, 3.63) is 42.2 Å². The van der Waals surface area contributed by atoms with Gasteiger partial charge in [-0.1, -0.05) is 0 Å². The Morgan fingerprint density at radius 2 is 1.86 bits per heavy atom. The average Bonchev–Trinajstić information content (AvgIpc) is 3.28. The number of halogens is 3. The minimum absolute atomic E-state index is 0.0167. The van der Waals surface area contributed by atoms with Crippen LogP contribution in [0.5, 0.6) is 11.5 Å². The second-order valence-electron chi connectivity index (χ2n) is 7.73. The van der Waals surface area contributed by atoms with Gasteiger partial charge >= 0.3 is 12.1 Å². The third kappa shape index (κ3) is 4.71. The van der Waals surface area contributed by atoms with Crippen LogP contribution in [0.3, 0.4) is 0 Å². The summed E-state index contributed by atoms with van der Waals surface area (Å²) >= 11 is 0. The summed E-state index contributed by atoms with van der Waals surface area (Å²) in [6, 6.07) is 7.62. The predicted molar refractivity (Wildman–Crippen MR) is 116 cm³/mol. The van der Waals surface area contributed by atoms with E-state index in [0.29, 0.717) is 34.9 Å². The first-order chi connectivity index (χ1) is 16.6. The number of nitrogens with zero attached hydrogens (tertiary/aromatic N) is 4. The van der Waals surface area contributed by atoms with Gasteiger partial charge in [0.1, 0.15) is 0 Å². The summed E-state index contributed by atoms with van der Waals surface area (Å²) in [5.74, 6) is -2.04. The van der Waals surface area contributed by atoms with Crippen LogP contribution in [0.2, 0.25) is 0 Å². The zero-order valence-corrected chi connectivity index (χ0v) is 19.0. The highest BCUT2D eigenvalue weighted by Crippen LogP contribution is 2.32. The van der Waals surface area contributed by atoms with Gasteiger partial charge in [-0.25, -0.2) is 14.3 Å². The molecule has 0 aliphatic carbocycles. The molecule has 0 saturated carbocycles. The molecule has 2 aromatic heterocycles. The lowest BCUT2D eigenvalue weighted by Crippen LogP contribution is -2.60. The van der Waals surface area contributed by atoms with Gasteiger partial charge in [-0.2, -0.15) is 18.3 Å². The van der Waals surface area contributed by atoms with Crippen LogP contribution in [0, 0.1) is 0 Å². The number of nitrogens with one attached hydrogen (secondary N) is 1. The molecule has 1 N–H and O–H groups in total. The number of methoxy groups -OCH3 is 2. The summed E-state index contributed by atoms with van der Waals surface area (Å²) in [6.07, 6.45) is -5.11. The number of amides is 1. The van der Waals surface area contributed by atoms with E-state index >= 15 is 0 Å². The highest BCUT2D eigenvalue weighted by atomic mass is 19.4. The zero-order valence-electron chi connectivity index (χ0n) is 19.0. The number of ether oxygens (including phenoxy) is 3. The molecule has 13 heteroatoms.